The predicted molar refractivity (Wildman–Crippen MR) is 120 cm³/mol. The van der Waals surface area contributed by atoms with E-state index in [0.717, 1.165) is 34.0 Å². The monoisotopic (exact) mass is 425 g/mol. The molecule has 0 atom stereocenters. The molecule has 2 aromatic carbocycles. The van der Waals surface area contributed by atoms with Gasteiger partial charge in [0.25, 0.3) is 5.91 Å². The van der Waals surface area contributed by atoms with E-state index in [0.29, 0.717) is 23.3 Å². The summed E-state index contributed by atoms with van der Waals surface area (Å²) in [6.07, 6.45) is 3.17. The van der Waals surface area contributed by atoms with Gasteiger partial charge in [0, 0.05) is 18.1 Å². The summed E-state index contributed by atoms with van der Waals surface area (Å²) in [7, 11) is 0. The number of anilines is 1. The molecule has 4 rings (SSSR count). The Kier molecular flexibility index (Phi) is 5.88. The number of aryl methyl sites for hydroxylation is 1. The molecule has 0 saturated heterocycles. The molecule has 6 heteroatoms. The predicted octanol–water partition coefficient (Wildman–Crippen LogP) is 5.45. The first-order valence-electron chi connectivity index (χ1n) is 9.86. The Morgan fingerprint density at radius 2 is 2.00 bits per heavy atom. The Hall–Kier alpha value is -2.37. The first-order chi connectivity index (χ1) is 14.0. The Bertz CT molecular complexity index is 1010. The minimum absolute atomic E-state index is 0.0321. The third kappa shape index (κ3) is 4.98. The second-order valence-electron chi connectivity index (χ2n) is 7.67. The van der Waals surface area contributed by atoms with Gasteiger partial charge in [0.05, 0.1) is 4.88 Å². The van der Waals surface area contributed by atoms with Crippen molar-refractivity contribution in [2.24, 2.45) is 5.92 Å². The van der Waals surface area contributed by atoms with Gasteiger partial charge in [-0.25, -0.2) is 4.98 Å². The molecule has 0 radical (unpaired) electrons. The number of halogens is 1. The van der Waals surface area contributed by atoms with E-state index in [1.165, 1.54) is 29.7 Å². The van der Waals surface area contributed by atoms with Crippen LogP contribution in [-0.4, -0.2) is 28.9 Å². The highest BCUT2D eigenvalue weighted by Crippen LogP contribution is 2.35. The first-order valence-corrected chi connectivity index (χ1v) is 11.1. The van der Waals surface area contributed by atoms with Gasteiger partial charge in [-0.05, 0) is 55.4 Å². The Labute approximate surface area is 180 Å². The van der Waals surface area contributed by atoms with Gasteiger partial charge in [0.2, 0.25) is 0 Å². The van der Waals surface area contributed by atoms with E-state index in [-0.39, 0.29) is 5.91 Å². The number of amides is 1. The van der Waals surface area contributed by atoms with E-state index in [4.69, 9.17) is 17.3 Å². The van der Waals surface area contributed by atoms with Crippen molar-refractivity contribution in [1.82, 2.24) is 9.88 Å². The lowest BCUT2D eigenvalue weighted by atomic mass is 10.1. The van der Waals surface area contributed by atoms with Crippen LogP contribution in [0.25, 0.3) is 10.4 Å². The van der Waals surface area contributed by atoms with E-state index >= 15 is 0 Å². The molecular weight excluding hydrogens is 402 g/mol. The lowest BCUT2D eigenvalue weighted by Crippen LogP contribution is -2.35. The SMILES string of the molecule is Cc1cccc(-c2sc(N)nc2C(=O)N(CCc2ccc(Cl)cc2)CC2CC2)c1. The largest absolute Gasteiger partial charge is 0.375 e. The fourth-order valence-electron chi connectivity index (χ4n) is 3.42. The van der Waals surface area contributed by atoms with Crippen LogP contribution in [0.1, 0.15) is 34.5 Å². The van der Waals surface area contributed by atoms with Crippen LogP contribution in [0.5, 0.6) is 0 Å². The maximum absolute atomic E-state index is 13.5. The highest BCUT2D eigenvalue weighted by molar-refractivity contribution is 7.19. The Balaban J connectivity index is 1.58. The summed E-state index contributed by atoms with van der Waals surface area (Å²) in [5.41, 5.74) is 9.78. The number of benzene rings is 2. The highest BCUT2D eigenvalue weighted by Gasteiger charge is 2.30. The van der Waals surface area contributed by atoms with Crippen molar-refractivity contribution in [3.63, 3.8) is 0 Å². The zero-order valence-electron chi connectivity index (χ0n) is 16.4. The van der Waals surface area contributed by atoms with Gasteiger partial charge in [-0.1, -0.05) is 64.9 Å². The zero-order valence-corrected chi connectivity index (χ0v) is 18.0. The smallest absolute Gasteiger partial charge is 0.274 e. The van der Waals surface area contributed by atoms with Gasteiger partial charge in [-0.15, -0.1) is 0 Å². The minimum atomic E-state index is -0.0321. The number of nitrogen functional groups attached to an aromatic ring is 1. The molecule has 1 aliphatic rings. The maximum atomic E-state index is 13.5. The van der Waals surface area contributed by atoms with Crippen molar-refractivity contribution in [3.8, 4) is 10.4 Å². The molecule has 0 bridgehead atoms. The number of thiazole rings is 1. The number of rotatable bonds is 7. The van der Waals surface area contributed by atoms with E-state index in [2.05, 4.69) is 11.1 Å². The number of carbonyl (C=O) groups excluding carboxylic acids is 1. The van der Waals surface area contributed by atoms with Gasteiger partial charge in [-0.3, -0.25) is 4.79 Å². The van der Waals surface area contributed by atoms with Crippen molar-refractivity contribution in [2.45, 2.75) is 26.2 Å². The topological polar surface area (TPSA) is 59.2 Å². The molecule has 0 spiro atoms. The van der Waals surface area contributed by atoms with Gasteiger partial charge in [0.15, 0.2) is 5.13 Å². The quantitative estimate of drug-likeness (QED) is 0.547. The van der Waals surface area contributed by atoms with Gasteiger partial charge in [0.1, 0.15) is 5.69 Å². The fourth-order valence-corrected chi connectivity index (χ4v) is 4.36. The van der Waals surface area contributed by atoms with Crippen molar-refractivity contribution in [3.05, 3.63) is 70.4 Å². The van der Waals surface area contributed by atoms with Crippen molar-refractivity contribution < 1.29 is 4.79 Å². The lowest BCUT2D eigenvalue weighted by molar-refractivity contribution is 0.0745. The van der Waals surface area contributed by atoms with Gasteiger partial charge in [-0.2, -0.15) is 0 Å². The lowest BCUT2D eigenvalue weighted by Gasteiger charge is -2.22. The van der Waals surface area contributed by atoms with Gasteiger partial charge >= 0.3 is 0 Å². The fraction of sp³-hybridized carbons (Fsp3) is 0.304. The number of nitrogens with two attached hydrogens (primary N) is 1. The van der Waals surface area contributed by atoms with Crippen molar-refractivity contribution in [1.29, 1.82) is 0 Å². The second-order valence-corrected chi connectivity index (χ2v) is 9.14. The molecular formula is C23H24ClN3OS. The molecule has 3 aromatic rings. The summed E-state index contributed by atoms with van der Waals surface area (Å²) in [6.45, 7) is 3.47. The number of carbonyl (C=O) groups is 1. The molecule has 2 N–H and O–H groups in total. The molecule has 0 aliphatic heterocycles. The molecule has 1 amide bonds. The summed E-state index contributed by atoms with van der Waals surface area (Å²) in [4.78, 5) is 20.7. The summed E-state index contributed by atoms with van der Waals surface area (Å²) < 4.78 is 0. The maximum Gasteiger partial charge on any atom is 0.274 e. The van der Waals surface area contributed by atoms with Crippen LogP contribution < -0.4 is 5.73 Å². The van der Waals surface area contributed by atoms with Crippen LogP contribution in [0.15, 0.2) is 48.5 Å². The molecule has 0 unspecified atom stereocenters. The second kappa shape index (κ2) is 8.56. The van der Waals surface area contributed by atoms with Crippen LogP contribution in [-0.2, 0) is 6.42 Å². The summed E-state index contributed by atoms with van der Waals surface area (Å²) in [5, 5.41) is 1.15. The molecule has 1 aliphatic carbocycles. The van der Waals surface area contributed by atoms with E-state index < -0.39 is 0 Å². The highest BCUT2D eigenvalue weighted by atomic mass is 35.5. The summed E-state index contributed by atoms with van der Waals surface area (Å²) in [5.74, 6) is 0.567. The van der Waals surface area contributed by atoms with E-state index in [1.807, 2.05) is 54.3 Å². The molecule has 1 saturated carbocycles. The standard InChI is InChI=1S/C23H24ClN3OS/c1-15-3-2-4-18(13-15)21-20(26-23(25)29-21)22(28)27(14-17-5-6-17)12-11-16-7-9-19(24)10-8-16/h2-4,7-10,13,17H,5-6,11-12,14H2,1H3,(H2,25,26). The Morgan fingerprint density at radius 1 is 1.24 bits per heavy atom. The Morgan fingerprint density at radius 3 is 2.69 bits per heavy atom. The molecule has 1 aromatic heterocycles. The third-order valence-corrected chi connectivity index (χ3v) is 6.36. The minimum Gasteiger partial charge on any atom is -0.375 e. The van der Waals surface area contributed by atoms with E-state index in [1.54, 1.807) is 0 Å². The van der Waals surface area contributed by atoms with Crippen LogP contribution in [0.4, 0.5) is 5.13 Å². The third-order valence-electron chi connectivity index (χ3n) is 5.17. The number of nitrogens with zero attached hydrogens (tertiary/aromatic N) is 2. The van der Waals surface area contributed by atoms with Gasteiger partial charge < -0.3 is 10.6 Å². The number of hydrogen-bond acceptors (Lipinski definition) is 4. The molecule has 1 heterocycles. The molecule has 150 valence electrons. The number of hydrogen-bond donors (Lipinski definition) is 1. The van der Waals surface area contributed by atoms with E-state index in [9.17, 15) is 4.79 Å². The van der Waals surface area contributed by atoms with Crippen molar-refractivity contribution in [2.75, 3.05) is 18.8 Å². The average Bonchev–Trinajstić information content (AvgIpc) is 3.44. The molecule has 4 nitrogen and oxygen atoms in total. The molecule has 1 fully saturated rings. The number of aromatic nitrogens is 1. The normalized spacial score (nSPS) is 13.4. The van der Waals surface area contributed by atoms with Crippen LogP contribution in [0.3, 0.4) is 0 Å². The summed E-state index contributed by atoms with van der Waals surface area (Å²) in [6, 6.07) is 15.9. The summed E-state index contributed by atoms with van der Waals surface area (Å²) >= 11 is 7.36. The molecule has 29 heavy (non-hydrogen) atoms. The van der Waals surface area contributed by atoms with Crippen LogP contribution >= 0.6 is 22.9 Å². The van der Waals surface area contributed by atoms with Crippen molar-refractivity contribution >= 4 is 34.0 Å². The van der Waals surface area contributed by atoms with Crippen LogP contribution in [0, 0.1) is 12.8 Å². The van der Waals surface area contributed by atoms with Crippen LogP contribution in [0.2, 0.25) is 5.02 Å². The first kappa shape index (κ1) is 19.9. The zero-order chi connectivity index (χ0) is 20.4. The average molecular weight is 426 g/mol.